The second-order valence-electron chi connectivity index (χ2n) is 6.48. The number of nitrogens with zero attached hydrogens (tertiary/aromatic N) is 3. The lowest BCUT2D eigenvalue weighted by Gasteiger charge is -2.39. The Morgan fingerprint density at radius 1 is 1.18 bits per heavy atom. The van der Waals surface area contributed by atoms with E-state index in [1.165, 1.54) is 0 Å². The molecule has 2 aliphatic heterocycles. The molecule has 1 aromatic rings. The van der Waals surface area contributed by atoms with E-state index in [2.05, 4.69) is 27.0 Å². The molecule has 1 amide bonds. The van der Waals surface area contributed by atoms with Gasteiger partial charge in [-0.3, -0.25) is 14.7 Å². The van der Waals surface area contributed by atoms with E-state index < -0.39 is 0 Å². The van der Waals surface area contributed by atoms with Gasteiger partial charge in [-0.15, -0.1) is 0 Å². The van der Waals surface area contributed by atoms with Crippen LogP contribution in [0.4, 0.5) is 0 Å². The van der Waals surface area contributed by atoms with Crippen LogP contribution in [0.2, 0.25) is 0 Å². The fourth-order valence-corrected chi connectivity index (χ4v) is 3.40. The van der Waals surface area contributed by atoms with E-state index in [0.717, 1.165) is 63.6 Å². The van der Waals surface area contributed by atoms with Crippen LogP contribution < -0.4 is 5.32 Å². The number of aromatic nitrogens is 1. The molecule has 2 aliphatic rings. The number of piperidine rings is 1. The van der Waals surface area contributed by atoms with Crippen LogP contribution in [-0.4, -0.2) is 60.0 Å². The van der Waals surface area contributed by atoms with Gasteiger partial charge in [0.05, 0.1) is 0 Å². The number of hydrogen-bond donors (Lipinski definition) is 1. The van der Waals surface area contributed by atoms with Gasteiger partial charge in [0.1, 0.15) is 6.04 Å². The van der Waals surface area contributed by atoms with Crippen LogP contribution in [0.15, 0.2) is 24.5 Å². The summed E-state index contributed by atoms with van der Waals surface area (Å²) in [4.78, 5) is 21.6. The van der Waals surface area contributed by atoms with Crippen LogP contribution in [0.5, 0.6) is 0 Å². The molecule has 0 saturated carbocycles. The summed E-state index contributed by atoms with van der Waals surface area (Å²) < 4.78 is 0. The normalized spacial score (nSPS) is 22.5. The van der Waals surface area contributed by atoms with E-state index in [1.807, 2.05) is 12.1 Å². The van der Waals surface area contributed by atoms with Gasteiger partial charge in [-0.2, -0.15) is 0 Å². The molecule has 22 heavy (non-hydrogen) atoms. The van der Waals surface area contributed by atoms with Gasteiger partial charge < -0.3 is 10.2 Å². The molecule has 3 rings (SSSR count). The molecule has 5 heteroatoms. The minimum atomic E-state index is -0.154. The Hall–Kier alpha value is -1.46. The van der Waals surface area contributed by atoms with E-state index >= 15 is 0 Å². The van der Waals surface area contributed by atoms with Gasteiger partial charge in [-0.1, -0.05) is 6.92 Å². The molecule has 0 radical (unpaired) electrons. The van der Waals surface area contributed by atoms with Crippen molar-refractivity contribution in [3.8, 4) is 0 Å². The molecular weight excluding hydrogens is 276 g/mol. The van der Waals surface area contributed by atoms with Crippen LogP contribution in [0, 0.1) is 5.92 Å². The predicted molar refractivity (Wildman–Crippen MR) is 86.4 cm³/mol. The Bertz CT molecular complexity index is 479. The van der Waals surface area contributed by atoms with E-state index in [4.69, 9.17) is 0 Å². The lowest BCUT2D eigenvalue weighted by Crippen LogP contribution is -2.51. The molecule has 1 atom stereocenters. The standard InChI is InChI=1S/C17H26N4O/c1-14-4-10-21(11-5-14)17(22)16(15-2-6-18-7-3-15)20-12-8-19-9-13-20/h2-3,6-7,14,16,19H,4-5,8-13H2,1H3. The monoisotopic (exact) mass is 302 g/mol. The minimum absolute atomic E-state index is 0.154. The first kappa shape index (κ1) is 15.4. The third-order valence-electron chi connectivity index (χ3n) is 4.87. The molecule has 5 nitrogen and oxygen atoms in total. The quantitative estimate of drug-likeness (QED) is 0.914. The van der Waals surface area contributed by atoms with Crippen molar-refractivity contribution in [1.82, 2.24) is 20.1 Å². The van der Waals surface area contributed by atoms with Crippen LogP contribution in [0.25, 0.3) is 0 Å². The molecule has 0 aromatic carbocycles. The largest absolute Gasteiger partial charge is 0.341 e. The van der Waals surface area contributed by atoms with Crippen molar-refractivity contribution in [2.24, 2.45) is 5.92 Å². The van der Waals surface area contributed by atoms with Crippen LogP contribution in [-0.2, 0) is 4.79 Å². The lowest BCUT2D eigenvalue weighted by atomic mass is 9.97. The van der Waals surface area contributed by atoms with Gasteiger partial charge in [-0.05, 0) is 36.5 Å². The van der Waals surface area contributed by atoms with Crippen LogP contribution in [0.3, 0.4) is 0 Å². The summed E-state index contributed by atoms with van der Waals surface area (Å²) >= 11 is 0. The lowest BCUT2D eigenvalue weighted by molar-refractivity contribution is -0.139. The topological polar surface area (TPSA) is 48.5 Å². The molecule has 1 unspecified atom stereocenters. The second kappa shape index (κ2) is 7.20. The smallest absolute Gasteiger partial charge is 0.244 e. The van der Waals surface area contributed by atoms with Crippen molar-refractivity contribution >= 4 is 5.91 Å². The van der Waals surface area contributed by atoms with Gasteiger partial charge in [-0.25, -0.2) is 0 Å². The van der Waals surface area contributed by atoms with E-state index in [-0.39, 0.29) is 11.9 Å². The van der Waals surface area contributed by atoms with Gasteiger partial charge in [0.15, 0.2) is 0 Å². The number of nitrogens with one attached hydrogen (secondary N) is 1. The van der Waals surface area contributed by atoms with Gasteiger partial charge in [0.25, 0.3) is 0 Å². The van der Waals surface area contributed by atoms with Gasteiger partial charge in [0, 0.05) is 51.7 Å². The number of pyridine rings is 1. The first-order chi connectivity index (χ1) is 10.8. The SMILES string of the molecule is CC1CCN(C(=O)C(c2ccncc2)N2CCNCC2)CC1. The molecular formula is C17H26N4O. The average Bonchev–Trinajstić information content (AvgIpc) is 2.57. The van der Waals surface area contributed by atoms with Crippen LogP contribution >= 0.6 is 0 Å². The van der Waals surface area contributed by atoms with E-state index in [0.29, 0.717) is 0 Å². The summed E-state index contributed by atoms with van der Waals surface area (Å²) in [6, 6.07) is 3.81. The van der Waals surface area contributed by atoms with Gasteiger partial charge >= 0.3 is 0 Å². The summed E-state index contributed by atoms with van der Waals surface area (Å²) in [6.07, 6.45) is 5.82. The number of piperazine rings is 1. The Morgan fingerprint density at radius 3 is 2.45 bits per heavy atom. The minimum Gasteiger partial charge on any atom is -0.341 e. The fourth-order valence-electron chi connectivity index (χ4n) is 3.40. The van der Waals surface area contributed by atoms with E-state index in [1.54, 1.807) is 12.4 Å². The summed E-state index contributed by atoms with van der Waals surface area (Å²) in [5, 5.41) is 3.37. The third-order valence-corrected chi connectivity index (χ3v) is 4.87. The van der Waals surface area contributed by atoms with Crippen molar-refractivity contribution in [2.75, 3.05) is 39.3 Å². The summed E-state index contributed by atoms with van der Waals surface area (Å²) in [6.45, 7) is 7.81. The highest BCUT2D eigenvalue weighted by atomic mass is 16.2. The highest BCUT2D eigenvalue weighted by Gasteiger charge is 2.33. The van der Waals surface area contributed by atoms with Crippen molar-refractivity contribution < 1.29 is 4.79 Å². The average molecular weight is 302 g/mol. The highest BCUT2D eigenvalue weighted by Crippen LogP contribution is 2.26. The zero-order valence-corrected chi connectivity index (χ0v) is 13.4. The highest BCUT2D eigenvalue weighted by molar-refractivity contribution is 5.83. The zero-order valence-electron chi connectivity index (χ0n) is 13.4. The molecule has 120 valence electrons. The Balaban J connectivity index is 1.79. The maximum absolute atomic E-state index is 13.1. The Kier molecular flexibility index (Phi) is 5.05. The Labute approximate surface area is 132 Å². The number of rotatable bonds is 3. The maximum Gasteiger partial charge on any atom is 0.244 e. The van der Waals surface area contributed by atoms with Crippen molar-refractivity contribution in [3.63, 3.8) is 0 Å². The number of hydrogen-bond acceptors (Lipinski definition) is 4. The molecule has 1 aromatic heterocycles. The number of carbonyl (C=O) groups excluding carboxylic acids is 1. The number of carbonyl (C=O) groups is 1. The van der Waals surface area contributed by atoms with E-state index in [9.17, 15) is 4.79 Å². The predicted octanol–water partition coefficient (Wildman–Crippen LogP) is 1.29. The molecule has 1 N–H and O–H groups in total. The molecule has 0 bridgehead atoms. The van der Waals surface area contributed by atoms with Gasteiger partial charge in [0.2, 0.25) is 5.91 Å². The second-order valence-corrected chi connectivity index (χ2v) is 6.48. The first-order valence-corrected chi connectivity index (χ1v) is 8.39. The molecule has 3 heterocycles. The maximum atomic E-state index is 13.1. The molecule has 2 fully saturated rings. The summed E-state index contributed by atoms with van der Waals surface area (Å²) in [5.74, 6) is 1.00. The fraction of sp³-hybridized carbons (Fsp3) is 0.647. The molecule has 0 aliphatic carbocycles. The van der Waals surface area contributed by atoms with Crippen molar-refractivity contribution in [3.05, 3.63) is 30.1 Å². The number of amides is 1. The van der Waals surface area contributed by atoms with Crippen LogP contribution in [0.1, 0.15) is 31.4 Å². The van der Waals surface area contributed by atoms with Crippen molar-refractivity contribution in [1.29, 1.82) is 0 Å². The molecule has 2 saturated heterocycles. The first-order valence-electron chi connectivity index (χ1n) is 8.39. The zero-order chi connectivity index (χ0) is 15.4. The summed E-state index contributed by atoms with van der Waals surface area (Å²) in [7, 11) is 0. The Morgan fingerprint density at radius 2 is 1.82 bits per heavy atom. The third kappa shape index (κ3) is 3.47. The van der Waals surface area contributed by atoms with Crippen molar-refractivity contribution in [2.45, 2.75) is 25.8 Å². The number of likely N-dealkylation sites (tertiary alicyclic amines) is 1. The molecule has 0 spiro atoms. The summed E-state index contributed by atoms with van der Waals surface area (Å²) in [5.41, 5.74) is 1.07.